The quantitative estimate of drug-likeness (QED) is 0.601. The molecule has 2 amide bonds. The molecular weight excluding hydrogens is 460 g/mol. The maximum atomic E-state index is 14.3. The highest BCUT2D eigenvalue weighted by Crippen LogP contribution is 2.28. The van der Waals surface area contributed by atoms with Crippen LogP contribution in [0.4, 0.5) is 14.5 Å². The molecule has 0 spiro atoms. The molecule has 0 bridgehead atoms. The number of benzene rings is 2. The van der Waals surface area contributed by atoms with Gasteiger partial charge in [-0.2, -0.15) is 0 Å². The predicted octanol–water partition coefficient (Wildman–Crippen LogP) is 5.05. The van der Waals surface area contributed by atoms with Gasteiger partial charge in [0.1, 0.15) is 0 Å². The van der Waals surface area contributed by atoms with Crippen molar-refractivity contribution in [3.05, 3.63) is 64.2 Å². The van der Waals surface area contributed by atoms with Crippen LogP contribution in [-0.4, -0.2) is 54.8 Å². The zero-order valence-corrected chi connectivity index (χ0v) is 20.6. The molecule has 0 fully saturated rings. The maximum Gasteiger partial charge on any atom is 0.226 e. The lowest BCUT2D eigenvalue weighted by Crippen LogP contribution is -2.38. The fraction of sp³-hybridized carbons (Fsp3) is 0.462. The molecule has 1 heterocycles. The van der Waals surface area contributed by atoms with E-state index in [9.17, 15) is 18.4 Å². The molecule has 34 heavy (non-hydrogen) atoms. The standard InChI is InChI=1S/C26H32ClF2N3O2/c1-3-25(33)32-15-7-13-30(2)12-6-14-31(18-20-16-22(28)23(29)17-24(20)32)26(34)11-10-19-8-4-5-9-21(19)27/h4-5,8-9,16-17H,3,6-7,10-15,18H2,1-2H3. The highest BCUT2D eigenvalue weighted by atomic mass is 35.5. The molecule has 0 saturated carbocycles. The van der Waals surface area contributed by atoms with Crippen molar-refractivity contribution in [2.24, 2.45) is 0 Å². The molecule has 3 rings (SSSR count). The van der Waals surface area contributed by atoms with E-state index in [-0.39, 0.29) is 31.2 Å². The van der Waals surface area contributed by atoms with Crippen LogP contribution in [0.25, 0.3) is 0 Å². The molecule has 5 nitrogen and oxygen atoms in total. The summed E-state index contributed by atoms with van der Waals surface area (Å²) in [6, 6.07) is 9.61. The van der Waals surface area contributed by atoms with E-state index in [0.717, 1.165) is 37.2 Å². The lowest BCUT2D eigenvalue weighted by Gasteiger charge is -2.31. The number of hydrogen-bond acceptors (Lipinski definition) is 3. The highest BCUT2D eigenvalue weighted by Gasteiger charge is 2.24. The molecule has 1 aliphatic rings. The first kappa shape index (κ1) is 26.1. The molecule has 0 unspecified atom stereocenters. The number of amides is 2. The monoisotopic (exact) mass is 491 g/mol. The molecule has 0 aromatic heterocycles. The van der Waals surface area contributed by atoms with Gasteiger partial charge in [0.25, 0.3) is 0 Å². The lowest BCUT2D eigenvalue weighted by atomic mass is 10.1. The van der Waals surface area contributed by atoms with Crippen molar-refractivity contribution >= 4 is 29.1 Å². The minimum atomic E-state index is -1.01. The summed E-state index contributed by atoms with van der Waals surface area (Å²) in [5.74, 6) is -2.25. The van der Waals surface area contributed by atoms with E-state index >= 15 is 0 Å². The van der Waals surface area contributed by atoms with Crippen LogP contribution in [-0.2, 0) is 22.6 Å². The Bertz CT molecular complexity index is 1020. The van der Waals surface area contributed by atoms with Crippen LogP contribution in [0.1, 0.15) is 43.7 Å². The van der Waals surface area contributed by atoms with Crippen LogP contribution in [0.5, 0.6) is 0 Å². The fourth-order valence-corrected chi connectivity index (χ4v) is 4.50. The van der Waals surface area contributed by atoms with Crippen LogP contribution in [0, 0.1) is 11.6 Å². The van der Waals surface area contributed by atoms with E-state index in [1.807, 2.05) is 25.2 Å². The zero-order valence-electron chi connectivity index (χ0n) is 19.8. The average molecular weight is 492 g/mol. The largest absolute Gasteiger partial charge is 0.338 e. The fourth-order valence-electron chi connectivity index (χ4n) is 4.27. The Morgan fingerprint density at radius 3 is 2.35 bits per heavy atom. The molecule has 0 atom stereocenters. The van der Waals surface area contributed by atoms with Gasteiger partial charge in [0.2, 0.25) is 11.8 Å². The maximum absolute atomic E-state index is 14.3. The van der Waals surface area contributed by atoms with Crippen LogP contribution in [0.2, 0.25) is 5.02 Å². The van der Waals surface area contributed by atoms with Gasteiger partial charge in [0.15, 0.2) is 11.6 Å². The van der Waals surface area contributed by atoms with E-state index in [1.165, 1.54) is 4.90 Å². The number of carbonyl (C=O) groups is 2. The third kappa shape index (κ3) is 6.76. The molecule has 1 aliphatic heterocycles. The molecule has 2 aromatic rings. The van der Waals surface area contributed by atoms with Gasteiger partial charge in [0.05, 0.1) is 5.69 Å². The number of hydrogen-bond donors (Lipinski definition) is 0. The number of rotatable bonds is 4. The molecule has 0 saturated heterocycles. The number of fused-ring (bicyclic) bond motifs is 1. The zero-order chi connectivity index (χ0) is 24.7. The average Bonchev–Trinajstić information content (AvgIpc) is 2.81. The third-order valence-corrected chi connectivity index (χ3v) is 6.55. The van der Waals surface area contributed by atoms with Gasteiger partial charge in [-0.15, -0.1) is 0 Å². The number of aryl methyl sites for hydroxylation is 1. The molecule has 8 heteroatoms. The highest BCUT2D eigenvalue weighted by molar-refractivity contribution is 6.31. The van der Waals surface area contributed by atoms with E-state index in [4.69, 9.17) is 11.6 Å². The summed E-state index contributed by atoms with van der Waals surface area (Å²) in [6.07, 6.45) is 2.44. The topological polar surface area (TPSA) is 43.9 Å². The van der Waals surface area contributed by atoms with Gasteiger partial charge < -0.3 is 14.7 Å². The van der Waals surface area contributed by atoms with Crippen molar-refractivity contribution in [2.75, 3.05) is 38.1 Å². The summed E-state index contributed by atoms with van der Waals surface area (Å²) in [7, 11) is 2.00. The summed E-state index contributed by atoms with van der Waals surface area (Å²) in [5, 5.41) is 0.613. The van der Waals surface area contributed by atoms with Crippen molar-refractivity contribution in [1.29, 1.82) is 0 Å². The molecule has 0 N–H and O–H groups in total. The smallest absolute Gasteiger partial charge is 0.226 e. The van der Waals surface area contributed by atoms with E-state index in [0.29, 0.717) is 42.2 Å². The summed E-state index contributed by atoms with van der Waals surface area (Å²) in [5.41, 5.74) is 1.65. The molecular formula is C26H32ClF2N3O2. The van der Waals surface area contributed by atoms with Crippen molar-refractivity contribution in [3.8, 4) is 0 Å². The number of halogens is 3. The normalized spacial score (nSPS) is 15.9. The van der Waals surface area contributed by atoms with E-state index in [1.54, 1.807) is 17.9 Å². The third-order valence-electron chi connectivity index (χ3n) is 6.19. The van der Waals surface area contributed by atoms with Crippen molar-refractivity contribution < 1.29 is 18.4 Å². The number of nitrogens with zero attached hydrogens (tertiary/aromatic N) is 3. The summed E-state index contributed by atoms with van der Waals surface area (Å²) >= 11 is 6.24. The second kappa shape index (κ2) is 12.3. The van der Waals surface area contributed by atoms with Crippen LogP contribution >= 0.6 is 11.6 Å². The lowest BCUT2D eigenvalue weighted by molar-refractivity contribution is -0.131. The molecule has 0 radical (unpaired) electrons. The Morgan fingerprint density at radius 2 is 1.65 bits per heavy atom. The molecule has 184 valence electrons. The Labute approximate surface area is 205 Å². The van der Waals surface area contributed by atoms with Crippen LogP contribution < -0.4 is 4.90 Å². The first-order valence-corrected chi connectivity index (χ1v) is 12.2. The Hall–Kier alpha value is -2.51. The van der Waals surface area contributed by atoms with Crippen LogP contribution in [0.15, 0.2) is 36.4 Å². The second-order valence-corrected chi connectivity index (χ2v) is 9.12. The Kier molecular flexibility index (Phi) is 9.42. The second-order valence-electron chi connectivity index (χ2n) is 8.71. The predicted molar refractivity (Wildman–Crippen MR) is 131 cm³/mol. The van der Waals surface area contributed by atoms with Crippen LogP contribution in [0.3, 0.4) is 0 Å². The van der Waals surface area contributed by atoms with Crippen molar-refractivity contribution in [3.63, 3.8) is 0 Å². The summed E-state index contributed by atoms with van der Waals surface area (Å²) in [4.78, 5) is 31.3. The van der Waals surface area contributed by atoms with Gasteiger partial charge >= 0.3 is 0 Å². The minimum absolute atomic E-state index is 0.0938. The van der Waals surface area contributed by atoms with Gasteiger partial charge in [-0.25, -0.2) is 8.78 Å². The van der Waals surface area contributed by atoms with E-state index in [2.05, 4.69) is 4.90 Å². The number of anilines is 1. The van der Waals surface area contributed by atoms with E-state index < -0.39 is 11.6 Å². The Balaban J connectivity index is 1.91. The first-order chi connectivity index (χ1) is 16.3. The van der Waals surface area contributed by atoms with Crippen molar-refractivity contribution in [1.82, 2.24) is 9.80 Å². The Morgan fingerprint density at radius 1 is 0.971 bits per heavy atom. The van der Waals surface area contributed by atoms with Gasteiger partial charge in [-0.1, -0.05) is 36.7 Å². The molecule has 0 aliphatic carbocycles. The molecule has 2 aromatic carbocycles. The van der Waals surface area contributed by atoms with Gasteiger partial charge in [-0.3, -0.25) is 9.59 Å². The SMILES string of the molecule is CCC(=O)N1CCCN(C)CCCN(C(=O)CCc2ccccc2Cl)Cc2cc(F)c(F)cc21. The summed E-state index contributed by atoms with van der Waals surface area (Å²) in [6.45, 7) is 4.27. The minimum Gasteiger partial charge on any atom is -0.338 e. The summed E-state index contributed by atoms with van der Waals surface area (Å²) < 4.78 is 28.5. The number of carbonyl (C=O) groups excluding carboxylic acids is 2. The van der Waals surface area contributed by atoms with Gasteiger partial charge in [0, 0.05) is 43.6 Å². The van der Waals surface area contributed by atoms with Crippen molar-refractivity contribution in [2.45, 2.75) is 45.6 Å². The van der Waals surface area contributed by atoms with Gasteiger partial charge in [-0.05, 0) is 62.7 Å². The first-order valence-electron chi connectivity index (χ1n) is 11.8.